The largest absolute Gasteiger partial charge is 0.391 e. The van der Waals surface area contributed by atoms with Crippen LogP contribution in [0.2, 0.25) is 0 Å². The Balaban J connectivity index is 1.71. The van der Waals surface area contributed by atoms with E-state index in [0.29, 0.717) is 31.0 Å². The van der Waals surface area contributed by atoms with Crippen LogP contribution in [0, 0.1) is 5.92 Å². The molecule has 1 aliphatic rings. The van der Waals surface area contributed by atoms with Crippen LogP contribution in [0.5, 0.6) is 0 Å². The van der Waals surface area contributed by atoms with Crippen LogP contribution in [-0.4, -0.2) is 51.1 Å². The number of β-amino-alcohol motifs (C(OH)–C–C–N with tert-alkyl or cyclic N) is 1. The van der Waals surface area contributed by atoms with Crippen molar-refractivity contribution in [2.75, 3.05) is 19.6 Å². The Kier molecular flexibility index (Phi) is 3.14. The summed E-state index contributed by atoms with van der Waals surface area (Å²) in [5.41, 5.74) is 0.832. The summed E-state index contributed by atoms with van der Waals surface area (Å²) in [5, 5.41) is 15.5. The van der Waals surface area contributed by atoms with Crippen molar-refractivity contribution in [2.45, 2.75) is 6.10 Å². The van der Waals surface area contributed by atoms with Gasteiger partial charge in [-0.3, -0.25) is 4.79 Å². The monoisotopic (exact) mass is 261 g/mol. The standard InChI is InChI=1S/C12H15N5O2/c18-9-7-13-5-8(9)6-16-12(19)10-11-15-2-4-17(11)3-1-14-10/h1-4,8-9,13,18H,5-7H2,(H,16,19). The maximum Gasteiger partial charge on any atom is 0.273 e. The second-order valence-corrected chi connectivity index (χ2v) is 4.63. The SMILES string of the molecule is O=C(NCC1CNCC1O)c1nccn2ccnc12. The lowest BCUT2D eigenvalue weighted by atomic mass is 10.1. The van der Waals surface area contributed by atoms with Gasteiger partial charge in [0.05, 0.1) is 6.10 Å². The molecule has 7 nitrogen and oxygen atoms in total. The number of aliphatic hydroxyl groups excluding tert-OH is 1. The van der Waals surface area contributed by atoms with Crippen molar-refractivity contribution in [1.29, 1.82) is 0 Å². The van der Waals surface area contributed by atoms with Crippen LogP contribution >= 0.6 is 0 Å². The molecule has 1 fully saturated rings. The summed E-state index contributed by atoms with van der Waals surface area (Å²) in [6, 6.07) is 0. The van der Waals surface area contributed by atoms with Crippen LogP contribution in [0.3, 0.4) is 0 Å². The molecule has 0 radical (unpaired) electrons. The number of carbonyl (C=O) groups excluding carboxylic acids is 1. The van der Waals surface area contributed by atoms with Crippen molar-refractivity contribution in [3.05, 3.63) is 30.5 Å². The van der Waals surface area contributed by atoms with Gasteiger partial charge in [0.2, 0.25) is 0 Å². The summed E-state index contributed by atoms with van der Waals surface area (Å²) < 4.78 is 1.74. The van der Waals surface area contributed by atoms with Crippen molar-refractivity contribution in [2.24, 2.45) is 5.92 Å². The van der Waals surface area contributed by atoms with Crippen molar-refractivity contribution >= 4 is 11.6 Å². The van der Waals surface area contributed by atoms with Gasteiger partial charge in [-0.15, -0.1) is 0 Å². The molecule has 3 N–H and O–H groups in total. The van der Waals surface area contributed by atoms with Crippen molar-refractivity contribution < 1.29 is 9.90 Å². The predicted octanol–water partition coefficient (Wildman–Crippen LogP) is -0.961. The molecule has 2 atom stereocenters. The van der Waals surface area contributed by atoms with Crippen LogP contribution in [0.25, 0.3) is 5.65 Å². The smallest absolute Gasteiger partial charge is 0.273 e. The maximum absolute atomic E-state index is 12.1. The normalized spacial score (nSPS) is 22.8. The number of nitrogens with one attached hydrogen (secondary N) is 2. The number of imidazole rings is 1. The lowest BCUT2D eigenvalue weighted by Gasteiger charge is -2.13. The molecule has 2 unspecified atom stereocenters. The maximum atomic E-state index is 12.1. The first-order valence-electron chi connectivity index (χ1n) is 6.20. The molecule has 0 spiro atoms. The Labute approximate surface area is 109 Å². The molecule has 2 aromatic heterocycles. The summed E-state index contributed by atoms with van der Waals surface area (Å²) in [5.74, 6) is -0.223. The van der Waals surface area contributed by atoms with Gasteiger partial charge in [0.1, 0.15) is 0 Å². The first-order chi connectivity index (χ1) is 9.25. The van der Waals surface area contributed by atoms with E-state index in [4.69, 9.17) is 0 Å². The van der Waals surface area contributed by atoms with Gasteiger partial charge in [-0.05, 0) is 0 Å². The Bertz CT molecular complexity index is 597. The summed E-state index contributed by atoms with van der Waals surface area (Å²) in [6.45, 7) is 1.72. The van der Waals surface area contributed by atoms with Gasteiger partial charge >= 0.3 is 0 Å². The molecular weight excluding hydrogens is 246 g/mol. The Morgan fingerprint density at radius 3 is 2.95 bits per heavy atom. The van der Waals surface area contributed by atoms with Crippen LogP contribution in [0.15, 0.2) is 24.8 Å². The number of carbonyl (C=O) groups is 1. The quantitative estimate of drug-likeness (QED) is 0.662. The highest BCUT2D eigenvalue weighted by atomic mass is 16.3. The van der Waals surface area contributed by atoms with E-state index in [0.717, 1.165) is 0 Å². The topological polar surface area (TPSA) is 91.5 Å². The third-order valence-corrected chi connectivity index (χ3v) is 3.36. The number of fused-ring (bicyclic) bond motifs is 1. The Hall–Kier alpha value is -1.99. The van der Waals surface area contributed by atoms with Crippen LogP contribution < -0.4 is 10.6 Å². The molecule has 0 aliphatic carbocycles. The minimum absolute atomic E-state index is 0.0448. The number of hydrogen-bond donors (Lipinski definition) is 3. The number of nitrogens with zero attached hydrogens (tertiary/aromatic N) is 3. The first-order valence-corrected chi connectivity index (χ1v) is 6.20. The second kappa shape index (κ2) is 4.94. The number of amides is 1. The molecule has 100 valence electrons. The van der Waals surface area contributed by atoms with Crippen LogP contribution in [0.4, 0.5) is 0 Å². The van der Waals surface area contributed by atoms with Crippen molar-refractivity contribution in [3.8, 4) is 0 Å². The number of rotatable bonds is 3. The fraction of sp³-hybridized carbons (Fsp3) is 0.417. The van der Waals surface area contributed by atoms with Crippen molar-refractivity contribution in [3.63, 3.8) is 0 Å². The molecule has 1 saturated heterocycles. The second-order valence-electron chi connectivity index (χ2n) is 4.63. The van der Waals surface area contributed by atoms with E-state index in [-0.39, 0.29) is 11.8 Å². The number of aliphatic hydroxyl groups is 1. The lowest BCUT2D eigenvalue weighted by Crippen LogP contribution is -2.35. The van der Waals surface area contributed by atoms with E-state index in [1.165, 1.54) is 0 Å². The van der Waals surface area contributed by atoms with Gasteiger partial charge in [0.25, 0.3) is 5.91 Å². The highest BCUT2D eigenvalue weighted by Crippen LogP contribution is 2.09. The van der Waals surface area contributed by atoms with Crippen LogP contribution in [0.1, 0.15) is 10.5 Å². The fourth-order valence-corrected chi connectivity index (χ4v) is 2.25. The van der Waals surface area contributed by atoms with E-state index in [1.807, 2.05) is 0 Å². The Morgan fingerprint density at radius 2 is 2.21 bits per heavy atom. The first kappa shape index (κ1) is 12.1. The number of hydrogen-bond acceptors (Lipinski definition) is 5. The highest BCUT2D eigenvalue weighted by Gasteiger charge is 2.25. The molecule has 1 aliphatic heterocycles. The molecule has 0 bridgehead atoms. The van der Waals surface area contributed by atoms with E-state index in [9.17, 15) is 9.90 Å². The third-order valence-electron chi connectivity index (χ3n) is 3.36. The molecule has 19 heavy (non-hydrogen) atoms. The van der Waals surface area contributed by atoms with Gasteiger partial charge in [-0.25, -0.2) is 9.97 Å². The molecule has 3 rings (SSSR count). The van der Waals surface area contributed by atoms with Gasteiger partial charge in [0, 0.05) is 50.3 Å². The summed E-state index contributed by atoms with van der Waals surface area (Å²) in [6.07, 6.45) is 6.28. The van der Waals surface area contributed by atoms with E-state index in [2.05, 4.69) is 20.6 Å². The molecule has 7 heteroatoms. The number of aromatic nitrogens is 3. The van der Waals surface area contributed by atoms with Crippen molar-refractivity contribution in [1.82, 2.24) is 25.0 Å². The minimum atomic E-state index is -0.407. The summed E-state index contributed by atoms with van der Waals surface area (Å²) >= 11 is 0. The summed E-state index contributed by atoms with van der Waals surface area (Å²) in [4.78, 5) is 20.3. The van der Waals surface area contributed by atoms with Gasteiger partial charge in [-0.1, -0.05) is 0 Å². The van der Waals surface area contributed by atoms with Gasteiger partial charge < -0.3 is 20.1 Å². The molecule has 3 heterocycles. The van der Waals surface area contributed by atoms with E-state index < -0.39 is 6.10 Å². The average molecular weight is 261 g/mol. The fourth-order valence-electron chi connectivity index (χ4n) is 2.25. The van der Waals surface area contributed by atoms with E-state index >= 15 is 0 Å². The molecule has 0 aromatic carbocycles. The molecule has 0 saturated carbocycles. The predicted molar refractivity (Wildman–Crippen MR) is 67.7 cm³/mol. The molecular formula is C12H15N5O2. The zero-order valence-electron chi connectivity index (χ0n) is 10.3. The zero-order valence-corrected chi connectivity index (χ0v) is 10.3. The molecule has 1 amide bonds. The van der Waals surface area contributed by atoms with Gasteiger partial charge in [-0.2, -0.15) is 0 Å². The minimum Gasteiger partial charge on any atom is -0.391 e. The lowest BCUT2D eigenvalue weighted by molar-refractivity contribution is 0.0923. The van der Waals surface area contributed by atoms with E-state index in [1.54, 1.807) is 29.2 Å². The molecule has 2 aromatic rings. The zero-order chi connectivity index (χ0) is 13.2. The average Bonchev–Trinajstić information content (AvgIpc) is 3.04. The highest BCUT2D eigenvalue weighted by molar-refractivity contribution is 5.97. The van der Waals surface area contributed by atoms with Crippen LogP contribution in [-0.2, 0) is 0 Å². The van der Waals surface area contributed by atoms with Gasteiger partial charge in [0.15, 0.2) is 11.3 Å². The Morgan fingerprint density at radius 1 is 1.42 bits per heavy atom. The third kappa shape index (κ3) is 2.29. The summed E-state index contributed by atoms with van der Waals surface area (Å²) in [7, 11) is 0.